The van der Waals surface area contributed by atoms with Crippen molar-refractivity contribution in [3.63, 3.8) is 0 Å². The zero-order valence-corrected chi connectivity index (χ0v) is 16.1. The molecule has 26 heavy (non-hydrogen) atoms. The van der Waals surface area contributed by atoms with E-state index in [2.05, 4.69) is 18.2 Å². The van der Waals surface area contributed by atoms with Crippen molar-refractivity contribution in [3.8, 4) is 12.1 Å². The first-order chi connectivity index (χ1) is 12.4. The van der Waals surface area contributed by atoms with Crippen molar-refractivity contribution >= 4 is 11.9 Å². The molecular weight excluding hydrogens is 342 g/mol. The molecule has 0 spiro atoms. The van der Waals surface area contributed by atoms with Gasteiger partial charge in [0.25, 0.3) is 5.56 Å². The second-order valence-electron chi connectivity index (χ2n) is 7.17. The van der Waals surface area contributed by atoms with Gasteiger partial charge in [-0.15, -0.1) is 0 Å². The Balaban J connectivity index is 2.09. The SMILES string of the molecule is Cc1c(CC2CC2)cc(C(C)C)c(=O)n1Sc1cc(C#N)cc(C#N)c1. The number of hydrogen-bond donors (Lipinski definition) is 0. The summed E-state index contributed by atoms with van der Waals surface area (Å²) in [5.74, 6) is 0.879. The number of pyridine rings is 1. The van der Waals surface area contributed by atoms with Crippen molar-refractivity contribution < 1.29 is 0 Å². The van der Waals surface area contributed by atoms with Crippen LogP contribution in [0.5, 0.6) is 0 Å². The third-order valence-corrected chi connectivity index (χ3v) is 5.79. The molecule has 0 saturated heterocycles. The molecule has 5 heteroatoms. The summed E-state index contributed by atoms with van der Waals surface area (Å²) in [6, 6.07) is 11.2. The van der Waals surface area contributed by atoms with Crippen molar-refractivity contribution in [1.29, 1.82) is 10.5 Å². The van der Waals surface area contributed by atoms with Gasteiger partial charge in [0.15, 0.2) is 0 Å². The Morgan fingerprint density at radius 2 is 1.77 bits per heavy atom. The number of nitriles is 2. The first-order valence-electron chi connectivity index (χ1n) is 8.82. The van der Waals surface area contributed by atoms with E-state index in [0.717, 1.165) is 28.5 Å². The zero-order chi connectivity index (χ0) is 18.8. The summed E-state index contributed by atoms with van der Waals surface area (Å²) in [5.41, 5.74) is 3.84. The van der Waals surface area contributed by atoms with Crippen LogP contribution >= 0.6 is 11.9 Å². The molecule has 1 heterocycles. The monoisotopic (exact) mass is 363 g/mol. The van der Waals surface area contributed by atoms with Crippen molar-refractivity contribution in [2.24, 2.45) is 5.92 Å². The minimum absolute atomic E-state index is 0.0112. The van der Waals surface area contributed by atoms with Crippen molar-refractivity contribution in [2.45, 2.75) is 50.8 Å². The largest absolute Gasteiger partial charge is 0.268 e. The maximum Gasteiger partial charge on any atom is 0.264 e. The van der Waals surface area contributed by atoms with Crippen LogP contribution in [0.2, 0.25) is 0 Å². The maximum absolute atomic E-state index is 13.0. The van der Waals surface area contributed by atoms with Crippen molar-refractivity contribution in [1.82, 2.24) is 3.97 Å². The molecule has 132 valence electrons. The number of benzene rings is 1. The van der Waals surface area contributed by atoms with Gasteiger partial charge in [0.05, 0.1) is 23.3 Å². The van der Waals surface area contributed by atoms with Gasteiger partial charge in [0.1, 0.15) is 0 Å². The summed E-state index contributed by atoms with van der Waals surface area (Å²) < 4.78 is 1.73. The van der Waals surface area contributed by atoms with E-state index in [-0.39, 0.29) is 11.5 Å². The zero-order valence-electron chi connectivity index (χ0n) is 15.2. The molecule has 4 nitrogen and oxygen atoms in total. The second-order valence-corrected chi connectivity index (χ2v) is 8.19. The van der Waals surface area contributed by atoms with Crippen LogP contribution in [0.25, 0.3) is 0 Å². The molecule has 0 bridgehead atoms. The third-order valence-electron chi connectivity index (χ3n) is 4.72. The molecule has 0 aliphatic heterocycles. The van der Waals surface area contributed by atoms with E-state index in [4.69, 9.17) is 0 Å². The summed E-state index contributed by atoms with van der Waals surface area (Å²) in [4.78, 5) is 13.7. The third kappa shape index (κ3) is 3.84. The van der Waals surface area contributed by atoms with Crippen LogP contribution in [0.3, 0.4) is 0 Å². The number of hydrogen-bond acceptors (Lipinski definition) is 4. The Morgan fingerprint density at radius 3 is 2.27 bits per heavy atom. The highest BCUT2D eigenvalue weighted by Crippen LogP contribution is 2.34. The minimum Gasteiger partial charge on any atom is -0.268 e. The maximum atomic E-state index is 13.0. The van der Waals surface area contributed by atoms with Gasteiger partial charge >= 0.3 is 0 Å². The molecule has 0 atom stereocenters. The molecule has 2 aromatic rings. The standard InChI is InChI=1S/C21H21N3OS/c1-13(2)20-10-18(7-15-4-5-15)14(3)24(21(20)25)26-19-8-16(11-22)6-17(9-19)12-23/h6,8-10,13,15H,4-5,7H2,1-3H3. The van der Waals surface area contributed by atoms with E-state index in [1.54, 1.807) is 22.2 Å². The summed E-state index contributed by atoms with van der Waals surface area (Å²) in [6.07, 6.45) is 3.53. The second kappa shape index (κ2) is 7.40. The Hall–Kier alpha value is -2.50. The van der Waals surface area contributed by atoms with Crippen LogP contribution in [0.15, 0.2) is 34.0 Å². The highest BCUT2D eigenvalue weighted by molar-refractivity contribution is 7.97. The van der Waals surface area contributed by atoms with Crippen LogP contribution in [-0.2, 0) is 6.42 Å². The quantitative estimate of drug-likeness (QED) is 0.782. The van der Waals surface area contributed by atoms with E-state index in [0.29, 0.717) is 11.1 Å². The van der Waals surface area contributed by atoms with Crippen LogP contribution in [0.1, 0.15) is 60.6 Å². The Bertz CT molecular complexity index is 956. The lowest BCUT2D eigenvalue weighted by atomic mass is 9.99. The molecular formula is C21H21N3OS. The van der Waals surface area contributed by atoms with Gasteiger partial charge in [-0.2, -0.15) is 10.5 Å². The summed E-state index contributed by atoms with van der Waals surface area (Å²) in [7, 11) is 0. The van der Waals surface area contributed by atoms with Crippen LogP contribution in [0, 0.1) is 35.5 Å². The highest BCUT2D eigenvalue weighted by Gasteiger charge is 2.24. The number of rotatable bonds is 5. The molecule has 1 saturated carbocycles. The highest BCUT2D eigenvalue weighted by atomic mass is 32.2. The van der Waals surface area contributed by atoms with Crippen LogP contribution in [0.4, 0.5) is 0 Å². The lowest BCUT2D eigenvalue weighted by Crippen LogP contribution is -2.24. The minimum atomic E-state index is -0.0112. The van der Waals surface area contributed by atoms with Gasteiger partial charge in [0.2, 0.25) is 0 Å². The predicted molar refractivity (Wildman–Crippen MR) is 103 cm³/mol. The molecule has 1 aromatic heterocycles. The first-order valence-corrected chi connectivity index (χ1v) is 9.59. The van der Waals surface area contributed by atoms with E-state index in [9.17, 15) is 15.3 Å². The average molecular weight is 363 g/mol. The topological polar surface area (TPSA) is 69.6 Å². The van der Waals surface area contributed by atoms with Crippen molar-refractivity contribution in [2.75, 3.05) is 0 Å². The van der Waals surface area contributed by atoms with Gasteiger partial charge in [-0.25, -0.2) is 3.97 Å². The molecule has 1 aliphatic carbocycles. The molecule has 1 aromatic carbocycles. The molecule has 0 radical (unpaired) electrons. The van der Waals surface area contributed by atoms with E-state index in [1.807, 2.05) is 20.8 Å². The molecule has 1 fully saturated rings. The smallest absolute Gasteiger partial charge is 0.264 e. The van der Waals surface area contributed by atoms with Crippen molar-refractivity contribution in [3.05, 3.63) is 62.6 Å². The van der Waals surface area contributed by atoms with Gasteiger partial charge in [-0.05, 0) is 79.8 Å². The number of aromatic nitrogens is 1. The lowest BCUT2D eigenvalue weighted by Gasteiger charge is -2.17. The molecule has 0 unspecified atom stereocenters. The normalized spacial score (nSPS) is 13.5. The van der Waals surface area contributed by atoms with E-state index in [1.165, 1.54) is 30.4 Å². The summed E-state index contributed by atoms with van der Waals surface area (Å²) in [6.45, 7) is 6.05. The molecule has 0 N–H and O–H groups in total. The van der Waals surface area contributed by atoms with Gasteiger partial charge < -0.3 is 0 Å². The first kappa shape index (κ1) is 18.3. The Kier molecular flexibility index (Phi) is 5.20. The van der Waals surface area contributed by atoms with Gasteiger partial charge in [-0.1, -0.05) is 13.8 Å². The van der Waals surface area contributed by atoms with E-state index < -0.39 is 0 Å². The van der Waals surface area contributed by atoms with Crippen LogP contribution in [-0.4, -0.2) is 3.97 Å². The summed E-state index contributed by atoms with van der Waals surface area (Å²) in [5, 5.41) is 18.4. The fourth-order valence-electron chi connectivity index (χ4n) is 3.00. The molecule has 3 rings (SSSR count). The van der Waals surface area contributed by atoms with Crippen LogP contribution < -0.4 is 5.56 Å². The van der Waals surface area contributed by atoms with Gasteiger partial charge in [0, 0.05) is 16.2 Å². The average Bonchev–Trinajstić information content (AvgIpc) is 3.44. The summed E-state index contributed by atoms with van der Waals surface area (Å²) >= 11 is 1.30. The fraction of sp³-hybridized carbons (Fsp3) is 0.381. The predicted octanol–water partition coefficient (Wildman–Crippen LogP) is 4.53. The molecule has 0 amide bonds. The Morgan fingerprint density at radius 1 is 1.15 bits per heavy atom. The molecule has 1 aliphatic rings. The van der Waals surface area contributed by atoms with E-state index >= 15 is 0 Å². The Labute approximate surface area is 158 Å². The lowest BCUT2D eigenvalue weighted by molar-refractivity contribution is 0.781. The fourth-order valence-corrected chi connectivity index (χ4v) is 4.02. The van der Waals surface area contributed by atoms with Gasteiger partial charge in [-0.3, -0.25) is 4.79 Å². The number of nitrogens with zero attached hydrogens (tertiary/aromatic N) is 3.